The smallest absolute Gasteiger partial charge is 0.339 e. The first-order chi connectivity index (χ1) is 13.2. The average molecular weight is 433 g/mol. The van der Waals surface area contributed by atoms with Gasteiger partial charge in [0.1, 0.15) is 11.6 Å². The van der Waals surface area contributed by atoms with E-state index in [9.17, 15) is 18.4 Å². The van der Waals surface area contributed by atoms with Gasteiger partial charge in [0.25, 0.3) is 0 Å². The van der Waals surface area contributed by atoms with Crippen LogP contribution in [0.3, 0.4) is 0 Å². The largest absolute Gasteiger partial charge is 0.465 e. The molecule has 0 N–H and O–H groups in total. The minimum absolute atomic E-state index is 0.0755. The van der Waals surface area contributed by atoms with Crippen molar-refractivity contribution in [2.75, 3.05) is 14.2 Å². The van der Waals surface area contributed by atoms with Gasteiger partial charge in [0.15, 0.2) is 0 Å². The number of ether oxygens (including phenoxy) is 2. The number of halogens is 4. The van der Waals surface area contributed by atoms with E-state index in [2.05, 4.69) is 9.47 Å². The number of hydrogen-bond acceptors (Lipinski definition) is 4. The third kappa shape index (κ3) is 5.66. The van der Waals surface area contributed by atoms with E-state index in [1.165, 1.54) is 32.4 Å². The number of esters is 2. The molecular weight excluding hydrogens is 413 g/mol. The highest BCUT2D eigenvalue weighted by atomic mass is 35.5. The van der Waals surface area contributed by atoms with Crippen LogP contribution in [-0.4, -0.2) is 26.2 Å². The molecule has 0 aliphatic heterocycles. The van der Waals surface area contributed by atoms with Crippen LogP contribution in [0, 0.1) is 11.6 Å². The molecular formula is C20H20Cl2F2O4. The molecule has 0 saturated heterocycles. The second kappa shape index (κ2) is 11.0. The van der Waals surface area contributed by atoms with Crippen molar-refractivity contribution in [2.24, 2.45) is 0 Å². The standard InChI is InChI=1S/2C10H10ClFO2/c1-3-6-4-7(10(13)14-2)8(11)5-9(6)12;1-3-6-8(12)5-4-7(9(6)11)10(13)14-2/h2*4-5H,3H2,1-2H3. The molecule has 0 saturated carbocycles. The predicted molar refractivity (Wildman–Crippen MR) is 104 cm³/mol. The summed E-state index contributed by atoms with van der Waals surface area (Å²) in [5.74, 6) is -1.90. The van der Waals surface area contributed by atoms with E-state index >= 15 is 0 Å². The van der Waals surface area contributed by atoms with Crippen LogP contribution in [0.15, 0.2) is 24.3 Å². The maximum absolute atomic E-state index is 13.2. The van der Waals surface area contributed by atoms with Crippen molar-refractivity contribution < 1.29 is 27.8 Å². The Labute approximate surface area is 172 Å². The average Bonchev–Trinajstić information content (AvgIpc) is 2.68. The van der Waals surface area contributed by atoms with Gasteiger partial charge in [-0.2, -0.15) is 0 Å². The Balaban J connectivity index is 0.000000280. The summed E-state index contributed by atoms with van der Waals surface area (Å²) >= 11 is 11.5. The van der Waals surface area contributed by atoms with Crippen LogP contribution in [-0.2, 0) is 22.3 Å². The monoisotopic (exact) mass is 432 g/mol. The first kappa shape index (κ1) is 23.9. The molecule has 0 aliphatic rings. The van der Waals surface area contributed by atoms with Crippen molar-refractivity contribution in [2.45, 2.75) is 26.7 Å². The molecule has 0 amide bonds. The van der Waals surface area contributed by atoms with E-state index in [1.54, 1.807) is 13.8 Å². The molecule has 0 heterocycles. The van der Waals surface area contributed by atoms with Gasteiger partial charge in [-0.25, -0.2) is 18.4 Å². The maximum atomic E-state index is 13.2. The van der Waals surface area contributed by atoms with Gasteiger partial charge in [-0.3, -0.25) is 0 Å². The van der Waals surface area contributed by atoms with Gasteiger partial charge in [0.2, 0.25) is 0 Å². The summed E-state index contributed by atoms with van der Waals surface area (Å²) in [5.41, 5.74) is 1.20. The Bertz CT molecular complexity index is 856. The van der Waals surface area contributed by atoms with Crippen LogP contribution >= 0.6 is 23.2 Å². The maximum Gasteiger partial charge on any atom is 0.339 e. The molecule has 0 unspecified atom stereocenters. The van der Waals surface area contributed by atoms with Crippen molar-refractivity contribution in [1.29, 1.82) is 0 Å². The normalized spacial score (nSPS) is 10.0. The number of methoxy groups -OCH3 is 2. The molecule has 28 heavy (non-hydrogen) atoms. The molecule has 0 radical (unpaired) electrons. The molecule has 0 spiro atoms. The van der Waals surface area contributed by atoms with Crippen molar-refractivity contribution in [1.82, 2.24) is 0 Å². The molecule has 2 aromatic carbocycles. The molecule has 0 fully saturated rings. The van der Waals surface area contributed by atoms with Crippen LogP contribution in [0.4, 0.5) is 8.78 Å². The summed E-state index contributed by atoms with van der Waals surface area (Å²) < 4.78 is 35.3. The van der Waals surface area contributed by atoms with E-state index in [0.29, 0.717) is 24.0 Å². The fourth-order valence-corrected chi connectivity index (χ4v) is 2.91. The summed E-state index contributed by atoms with van der Waals surface area (Å²) in [7, 11) is 2.52. The fourth-order valence-electron chi connectivity index (χ4n) is 2.32. The molecule has 2 aromatic rings. The van der Waals surface area contributed by atoms with E-state index in [1.807, 2.05) is 0 Å². The predicted octanol–water partition coefficient (Wildman–Crippen LogP) is 5.66. The molecule has 0 bridgehead atoms. The minimum Gasteiger partial charge on any atom is -0.465 e. The van der Waals surface area contributed by atoms with Crippen LogP contribution in [0.25, 0.3) is 0 Å². The first-order valence-electron chi connectivity index (χ1n) is 8.33. The van der Waals surface area contributed by atoms with E-state index in [-0.39, 0.29) is 21.2 Å². The van der Waals surface area contributed by atoms with Crippen molar-refractivity contribution >= 4 is 35.1 Å². The number of carbonyl (C=O) groups excluding carboxylic acids is 2. The third-order valence-electron chi connectivity index (χ3n) is 3.87. The molecule has 152 valence electrons. The highest BCUT2D eigenvalue weighted by molar-refractivity contribution is 6.34. The highest BCUT2D eigenvalue weighted by Gasteiger charge is 2.16. The van der Waals surface area contributed by atoms with Crippen LogP contribution in [0.2, 0.25) is 10.0 Å². The molecule has 0 atom stereocenters. The summed E-state index contributed by atoms with van der Waals surface area (Å²) in [6, 6.07) is 5.09. The number of hydrogen-bond donors (Lipinski definition) is 0. The molecule has 2 rings (SSSR count). The van der Waals surface area contributed by atoms with Gasteiger partial charge in [-0.15, -0.1) is 0 Å². The zero-order chi connectivity index (χ0) is 21.4. The Morgan fingerprint density at radius 3 is 1.96 bits per heavy atom. The SMILES string of the molecule is CCc1c(F)ccc(C(=O)OC)c1Cl.CCc1cc(C(=O)OC)c(Cl)cc1F. The number of benzene rings is 2. The van der Waals surface area contributed by atoms with Gasteiger partial charge >= 0.3 is 11.9 Å². The minimum atomic E-state index is -0.551. The van der Waals surface area contributed by atoms with Gasteiger partial charge in [0, 0.05) is 5.56 Å². The molecule has 0 aromatic heterocycles. The quantitative estimate of drug-likeness (QED) is 0.585. The zero-order valence-electron chi connectivity index (χ0n) is 15.9. The molecule has 4 nitrogen and oxygen atoms in total. The zero-order valence-corrected chi connectivity index (χ0v) is 17.4. The van der Waals surface area contributed by atoms with Crippen molar-refractivity contribution in [3.63, 3.8) is 0 Å². The Morgan fingerprint density at radius 2 is 1.46 bits per heavy atom. The fraction of sp³-hybridized carbons (Fsp3) is 0.300. The van der Waals surface area contributed by atoms with Crippen LogP contribution in [0.1, 0.15) is 45.7 Å². The van der Waals surface area contributed by atoms with Crippen molar-refractivity contribution in [3.8, 4) is 0 Å². The summed E-state index contributed by atoms with van der Waals surface area (Å²) in [6.45, 7) is 3.57. The number of carbonyl (C=O) groups is 2. The lowest BCUT2D eigenvalue weighted by Crippen LogP contribution is -2.04. The molecule has 0 aliphatic carbocycles. The van der Waals surface area contributed by atoms with Gasteiger partial charge in [-0.1, -0.05) is 37.0 Å². The van der Waals surface area contributed by atoms with Gasteiger partial charge in [0.05, 0.1) is 35.4 Å². The van der Waals surface area contributed by atoms with Gasteiger partial charge < -0.3 is 9.47 Å². The van der Waals surface area contributed by atoms with Crippen LogP contribution in [0.5, 0.6) is 0 Å². The molecule has 8 heteroatoms. The van der Waals surface area contributed by atoms with E-state index < -0.39 is 23.6 Å². The number of rotatable bonds is 4. The Hall–Kier alpha value is -2.18. The second-order valence-corrected chi connectivity index (χ2v) is 6.29. The lowest BCUT2D eigenvalue weighted by molar-refractivity contribution is 0.0592. The van der Waals surface area contributed by atoms with Gasteiger partial charge in [-0.05, 0) is 42.7 Å². The third-order valence-corrected chi connectivity index (χ3v) is 4.61. The van der Waals surface area contributed by atoms with E-state index in [0.717, 1.165) is 6.07 Å². The van der Waals surface area contributed by atoms with Crippen LogP contribution < -0.4 is 0 Å². The van der Waals surface area contributed by atoms with Crippen molar-refractivity contribution in [3.05, 3.63) is 68.2 Å². The Kier molecular flexibility index (Phi) is 9.35. The summed E-state index contributed by atoms with van der Waals surface area (Å²) in [6.07, 6.45) is 0.947. The Morgan fingerprint density at radius 1 is 0.893 bits per heavy atom. The lowest BCUT2D eigenvalue weighted by atomic mass is 10.1. The topological polar surface area (TPSA) is 52.6 Å². The second-order valence-electron chi connectivity index (χ2n) is 5.50. The summed E-state index contributed by atoms with van der Waals surface area (Å²) in [4.78, 5) is 22.4. The lowest BCUT2D eigenvalue weighted by Gasteiger charge is -2.07. The first-order valence-corrected chi connectivity index (χ1v) is 9.08. The number of aryl methyl sites for hydroxylation is 1. The van der Waals surface area contributed by atoms with E-state index in [4.69, 9.17) is 23.2 Å². The summed E-state index contributed by atoms with van der Waals surface area (Å²) in [5, 5.41) is 0.214. The highest BCUT2D eigenvalue weighted by Crippen LogP contribution is 2.25.